The van der Waals surface area contributed by atoms with Gasteiger partial charge in [0.15, 0.2) is 0 Å². The average Bonchev–Trinajstić information content (AvgIpc) is 3.33. The van der Waals surface area contributed by atoms with Crippen LogP contribution < -0.4 is 0 Å². The zero-order valence-electron chi connectivity index (χ0n) is 13.2. The second kappa shape index (κ2) is 7.08. The third-order valence-electron chi connectivity index (χ3n) is 4.40. The largest absolute Gasteiger partial charge is 0.224 e. The van der Waals surface area contributed by atoms with Crippen molar-refractivity contribution in [1.82, 2.24) is 0 Å². The molecular formula is C20H24O2. The van der Waals surface area contributed by atoms with Crippen LogP contribution in [-0.4, -0.2) is 6.29 Å². The van der Waals surface area contributed by atoms with E-state index in [0.717, 1.165) is 25.7 Å². The van der Waals surface area contributed by atoms with Gasteiger partial charge in [-0.05, 0) is 42.2 Å². The van der Waals surface area contributed by atoms with E-state index in [-0.39, 0.29) is 11.7 Å². The van der Waals surface area contributed by atoms with Crippen molar-refractivity contribution in [3.63, 3.8) is 0 Å². The third kappa shape index (κ3) is 4.69. The molecule has 2 aromatic rings. The molecule has 3 rings (SSSR count). The predicted molar refractivity (Wildman–Crippen MR) is 88.2 cm³/mol. The van der Waals surface area contributed by atoms with Gasteiger partial charge in [-0.1, -0.05) is 67.6 Å². The highest BCUT2D eigenvalue weighted by molar-refractivity contribution is 5.20. The lowest BCUT2D eigenvalue weighted by molar-refractivity contribution is 0.0850. The molecule has 0 aromatic heterocycles. The highest BCUT2D eigenvalue weighted by atomic mass is 17.4. The van der Waals surface area contributed by atoms with Crippen molar-refractivity contribution < 1.29 is 9.78 Å². The van der Waals surface area contributed by atoms with Crippen LogP contribution in [-0.2, 0) is 22.6 Å². The standard InChI is InChI=1S/C20H24O2/c1-20(14-8-13-19-21-22-19,15-17-9-4-2-5-10-17)16-18-11-6-3-7-12-18/h2-7,9-12,19H,8,13-16H2,1H3. The van der Waals surface area contributed by atoms with Crippen molar-refractivity contribution in [3.05, 3.63) is 71.8 Å². The first-order valence-electron chi connectivity index (χ1n) is 8.14. The van der Waals surface area contributed by atoms with Crippen LogP contribution in [0.3, 0.4) is 0 Å². The van der Waals surface area contributed by atoms with Gasteiger partial charge in [-0.3, -0.25) is 0 Å². The fraction of sp³-hybridized carbons (Fsp3) is 0.400. The average molecular weight is 296 g/mol. The van der Waals surface area contributed by atoms with E-state index < -0.39 is 0 Å². The Morgan fingerprint density at radius 2 is 1.32 bits per heavy atom. The molecule has 1 saturated heterocycles. The minimum Gasteiger partial charge on any atom is -0.199 e. The van der Waals surface area contributed by atoms with Gasteiger partial charge in [0.25, 0.3) is 0 Å². The molecule has 1 fully saturated rings. The number of hydrogen-bond donors (Lipinski definition) is 0. The smallest absolute Gasteiger partial charge is 0.199 e. The molecule has 0 radical (unpaired) electrons. The number of hydrogen-bond acceptors (Lipinski definition) is 2. The van der Waals surface area contributed by atoms with Gasteiger partial charge in [-0.25, -0.2) is 0 Å². The summed E-state index contributed by atoms with van der Waals surface area (Å²) in [5.74, 6) is 0. The van der Waals surface area contributed by atoms with E-state index in [1.807, 2.05) is 0 Å². The summed E-state index contributed by atoms with van der Waals surface area (Å²) in [5.41, 5.74) is 3.09. The molecule has 1 heterocycles. The first kappa shape index (κ1) is 15.3. The van der Waals surface area contributed by atoms with E-state index in [2.05, 4.69) is 67.6 Å². The molecule has 2 heteroatoms. The van der Waals surface area contributed by atoms with Crippen LogP contribution in [0, 0.1) is 5.41 Å². The SMILES string of the molecule is CC(CCCC1OO1)(Cc1ccccc1)Cc1ccccc1. The van der Waals surface area contributed by atoms with Gasteiger partial charge in [0, 0.05) is 6.42 Å². The molecule has 1 aliphatic rings. The lowest BCUT2D eigenvalue weighted by Crippen LogP contribution is -2.23. The lowest BCUT2D eigenvalue weighted by atomic mass is 9.74. The summed E-state index contributed by atoms with van der Waals surface area (Å²) in [5, 5.41) is 0. The van der Waals surface area contributed by atoms with Crippen molar-refractivity contribution >= 4 is 0 Å². The normalized spacial score (nSPS) is 15.0. The molecule has 0 N–H and O–H groups in total. The zero-order chi connectivity index (χ0) is 15.3. The van der Waals surface area contributed by atoms with Crippen molar-refractivity contribution in [2.75, 3.05) is 0 Å². The first-order valence-corrected chi connectivity index (χ1v) is 8.14. The third-order valence-corrected chi connectivity index (χ3v) is 4.40. The molecule has 0 amide bonds. The monoisotopic (exact) mass is 296 g/mol. The summed E-state index contributed by atoms with van der Waals surface area (Å²) in [4.78, 5) is 9.72. The van der Waals surface area contributed by atoms with Gasteiger partial charge < -0.3 is 0 Å². The van der Waals surface area contributed by atoms with Crippen LogP contribution in [0.1, 0.15) is 37.3 Å². The van der Waals surface area contributed by atoms with Crippen LogP contribution in [0.5, 0.6) is 0 Å². The summed E-state index contributed by atoms with van der Waals surface area (Å²) in [7, 11) is 0. The summed E-state index contributed by atoms with van der Waals surface area (Å²) in [6.45, 7) is 2.40. The lowest BCUT2D eigenvalue weighted by Gasteiger charge is -2.30. The van der Waals surface area contributed by atoms with E-state index >= 15 is 0 Å². The number of benzene rings is 2. The zero-order valence-corrected chi connectivity index (χ0v) is 13.2. The van der Waals surface area contributed by atoms with Crippen molar-refractivity contribution in [3.8, 4) is 0 Å². The number of rotatable bonds is 8. The molecule has 22 heavy (non-hydrogen) atoms. The molecule has 0 atom stereocenters. The molecule has 0 spiro atoms. The Hall–Kier alpha value is -1.64. The van der Waals surface area contributed by atoms with Gasteiger partial charge in [0.1, 0.15) is 0 Å². The minimum absolute atomic E-state index is 0.0534. The van der Waals surface area contributed by atoms with Gasteiger partial charge in [-0.2, -0.15) is 9.78 Å². The van der Waals surface area contributed by atoms with E-state index in [1.54, 1.807) is 0 Å². The maximum atomic E-state index is 4.86. The molecule has 0 aliphatic carbocycles. The second-order valence-electron chi connectivity index (χ2n) is 6.65. The molecule has 0 bridgehead atoms. The fourth-order valence-electron chi connectivity index (χ4n) is 3.25. The Morgan fingerprint density at radius 3 is 1.77 bits per heavy atom. The summed E-state index contributed by atoms with van der Waals surface area (Å²) in [6.07, 6.45) is 5.59. The van der Waals surface area contributed by atoms with Crippen LogP contribution in [0.2, 0.25) is 0 Å². The maximum Gasteiger partial charge on any atom is 0.224 e. The summed E-state index contributed by atoms with van der Waals surface area (Å²) < 4.78 is 0. The molecule has 1 aliphatic heterocycles. The van der Waals surface area contributed by atoms with Gasteiger partial charge in [0.05, 0.1) is 0 Å². The van der Waals surface area contributed by atoms with Crippen LogP contribution in [0.4, 0.5) is 0 Å². The van der Waals surface area contributed by atoms with Crippen LogP contribution in [0.25, 0.3) is 0 Å². The molecule has 0 saturated carbocycles. The maximum absolute atomic E-state index is 4.86. The predicted octanol–water partition coefficient (Wildman–Crippen LogP) is 4.94. The summed E-state index contributed by atoms with van der Waals surface area (Å²) in [6, 6.07) is 21.6. The van der Waals surface area contributed by atoms with Gasteiger partial charge in [-0.15, -0.1) is 0 Å². The highest BCUT2D eigenvalue weighted by Crippen LogP contribution is 2.34. The van der Waals surface area contributed by atoms with Gasteiger partial charge in [0.2, 0.25) is 6.29 Å². The minimum atomic E-state index is 0.0534. The molecule has 2 aromatic carbocycles. The van der Waals surface area contributed by atoms with Crippen molar-refractivity contribution in [1.29, 1.82) is 0 Å². The van der Waals surface area contributed by atoms with E-state index in [9.17, 15) is 0 Å². The molecule has 0 unspecified atom stereocenters. The highest BCUT2D eigenvalue weighted by Gasteiger charge is 2.29. The van der Waals surface area contributed by atoms with E-state index in [0.29, 0.717) is 0 Å². The van der Waals surface area contributed by atoms with Gasteiger partial charge >= 0.3 is 0 Å². The van der Waals surface area contributed by atoms with Crippen molar-refractivity contribution in [2.45, 2.75) is 45.3 Å². The quantitative estimate of drug-likeness (QED) is 0.509. The first-order chi connectivity index (χ1) is 10.7. The topological polar surface area (TPSA) is 25.1 Å². The molecule has 116 valence electrons. The molecular weight excluding hydrogens is 272 g/mol. The Morgan fingerprint density at radius 1 is 0.818 bits per heavy atom. The molecule has 2 nitrogen and oxygen atoms in total. The Balaban J connectivity index is 1.68. The van der Waals surface area contributed by atoms with E-state index in [4.69, 9.17) is 9.78 Å². The summed E-state index contributed by atoms with van der Waals surface area (Å²) >= 11 is 0. The Kier molecular flexibility index (Phi) is 4.91. The van der Waals surface area contributed by atoms with Crippen LogP contribution >= 0.6 is 0 Å². The fourth-order valence-corrected chi connectivity index (χ4v) is 3.25. The van der Waals surface area contributed by atoms with Crippen molar-refractivity contribution in [2.24, 2.45) is 5.41 Å². The Bertz CT molecular complexity index is 519. The van der Waals surface area contributed by atoms with E-state index in [1.165, 1.54) is 17.5 Å². The van der Waals surface area contributed by atoms with Crippen LogP contribution in [0.15, 0.2) is 60.7 Å². The Labute approximate surface area is 133 Å². The second-order valence-corrected chi connectivity index (χ2v) is 6.65.